The van der Waals surface area contributed by atoms with Crippen LogP contribution in [0.25, 0.3) is 11.3 Å². The molecule has 7 heteroatoms. The second-order valence-corrected chi connectivity index (χ2v) is 6.53. The van der Waals surface area contributed by atoms with Gasteiger partial charge in [-0.15, -0.1) is 0 Å². The molecule has 0 bridgehead atoms. The van der Waals surface area contributed by atoms with Crippen LogP contribution in [-0.4, -0.2) is 37.8 Å². The molecule has 1 atom stereocenters. The molecule has 0 unspecified atom stereocenters. The zero-order valence-corrected chi connectivity index (χ0v) is 15.5. The first-order chi connectivity index (χ1) is 12.4. The van der Waals surface area contributed by atoms with Crippen molar-refractivity contribution in [3.8, 4) is 11.3 Å². The lowest BCUT2D eigenvalue weighted by Gasteiger charge is -2.20. The summed E-state index contributed by atoms with van der Waals surface area (Å²) in [6.45, 7) is 6.50. The molecule has 136 valence electrons. The number of hydrogen-bond donors (Lipinski definition) is 0. The monoisotopic (exact) mass is 353 g/mol. The van der Waals surface area contributed by atoms with Gasteiger partial charge in [0.15, 0.2) is 5.76 Å². The Balaban J connectivity index is 1.62. The molecule has 26 heavy (non-hydrogen) atoms. The van der Waals surface area contributed by atoms with Crippen molar-refractivity contribution in [2.75, 3.05) is 7.05 Å². The van der Waals surface area contributed by atoms with Gasteiger partial charge in [0.05, 0.1) is 19.0 Å². The van der Waals surface area contributed by atoms with E-state index < -0.39 is 0 Å². The molecule has 2 heterocycles. The lowest BCUT2D eigenvalue weighted by molar-refractivity contribution is -0.135. The number of hydrogen-bond acceptors (Lipinski definition) is 5. The van der Waals surface area contributed by atoms with Gasteiger partial charge in [-0.3, -0.25) is 4.79 Å². The molecular formula is C19H23N5O2. The van der Waals surface area contributed by atoms with Crippen molar-refractivity contribution in [3.05, 3.63) is 53.8 Å². The van der Waals surface area contributed by atoms with Crippen molar-refractivity contribution in [1.29, 1.82) is 0 Å². The van der Waals surface area contributed by atoms with Crippen LogP contribution in [0.2, 0.25) is 0 Å². The van der Waals surface area contributed by atoms with E-state index in [4.69, 9.17) is 4.52 Å². The summed E-state index contributed by atoms with van der Waals surface area (Å²) in [6.07, 6.45) is 0. The molecule has 7 nitrogen and oxygen atoms in total. The topological polar surface area (TPSA) is 77.0 Å². The van der Waals surface area contributed by atoms with Crippen molar-refractivity contribution in [2.24, 2.45) is 5.92 Å². The van der Waals surface area contributed by atoms with Crippen LogP contribution in [0.4, 0.5) is 0 Å². The third-order valence-electron chi connectivity index (χ3n) is 4.23. The lowest BCUT2D eigenvalue weighted by Crippen LogP contribution is -2.33. The molecule has 2 aromatic heterocycles. The number of benzene rings is 1. The number of aryl methyl sites for hydroxylation is 2. The van der Waals surface area contributed by atoms with E-state index in [9.17, 15) is 4.79 Å². The van der Waals surface area contributed by atoms with Crippen molar-refractivity contribution in [3.63, 3.8) is 0 Å². The molecule has 1 aromatic carbocycles. The Hall–Kier alpha value is -2.96. The van der Waals surface area contributed by atoms with E-state index in [2.05, 4.69) is 15.2 Å². The second kappa shape index (κ2) is 7.51. The average molecular weight is 353 g/mol. The average Bonchev–Trinajstić information content (AvgIpc) is 3.21. The Kier molecular flexibility index (Phi) is 5.16. The Morgan fingerprint density at radius 2 is 2.00 bits per heavy atom. The predicted molar refractivity (Wildman–Crippen MR) is 97.1 cm³/mol. The number of amides is 1. The van der Waals surface area contributed by atoms with Crippen molar-refractivity contribution in [2.45, 2.75) is 33.9 Å². The van der Waals surface area contributed by atoms with Gasteiger partial charge in [-0.1, -0.05) is 42.4 Å². The van der Waals surface area contributed by atoms with Crippen LogP contribution in [0.1, 0.15) is 24.3 Å². The molecule has 0 saturated heterocycles. The maximum Gasteiger partial charge on any atom is 0.227 e. The third-order valence-corrected chi connectivity index (χ3v) is 4.23. The summed E-state index contributed by atoms with van der Waals surface area (Å²) < 4.78 is 7.16. The number of aromatic nitrogens is 4. The zero-order chi connectivity index (χ0) is 18.7. The summed E-state index contributed by atoms with van der Waals surface area (Å²) in [5.74, 6) is 1.99. The molecule has 0 aliphatic rings. The molecule has 0 saturated carbocycles. The van der Waals surface area contributed by atoms with Gasteiger partial charge in [0.25, 0.3) is 0 Å². The molecule has 3 aromatic rings. The Labute approximate surface area is 152 Å². The summed E-state index contributed by atoms with van der Waals surface area (Å²) in [4.78, 5) is 18.6. The van der Waals surface area contributed by atoms with E-state index in [1.807, 2.05) is 57.2 Å². The molecule has 0 aliphatic heterocycles. The highest BCUT2D eigenvalue weighted by molar-refractivity contribution is 5.78. The van der Waals surface area contributed by atoms with Gasteiger partial charge in [0.1, 0.15) is 17.3 Å². The van der Waals surface area contributed by atoms with Gasteiger partial charge >= 0.3 is 0 Å². The van der Waals surface area contributed by atoms with Crippen molar-refractivity contribution < 1.29 is 9.32 Å². The predicted octanol–water partition coefficient (Wildman–Crippen LogP) is 2.84. The molecule has 0 N–H and O–H groups in total. The van der Waals surface area contributed by atoms with Gasteiger partial charge in [0.2, 0.25) is 5.91 Å². The first-order valence-corrected chi connectivity index (χ1v) is 8.58. The van der Waals surface area contributed by atoms with Gasteiger partial charge < -0.3 is 9.42 Å². The van der Waals surface area contributed by atoms with Crippen LogP contribution in [0.3, 0.4) is 0 Å². The standard InChI is InChI=1S/C19H23N5O2/c1-13(11-24-15(3)20-14(2)21-24)19(25)23(4)12-17-10-18(22-26-17)16-8-6-5-7-9-16/h5-10,13H,11-12H2,1-4H3/t13-/m0/s1. The fraction of sp³-hybridized carbons (Fsp3) is 0.368. The highest BCUT2D eigenvalue weighted by Crippen LogP contribution is 2.19. The number of carbonyl (C=O) groups is 1. The molecule has 0 spiro atoms. The highest BCUT2D eigenvalue weighted by Gasteiger charge is 2.21. The van der Waals surface area contributed by atoms with E-state index in [0.29, 0.717) is 24.7 Å². The fourth-order valence-corrected chi connectivity index (χ4v) is 2.89. The van der Waals surface area contributed by atoms with Crippen LogP contribution in [0, 0.1) is 19.8 Å². The maximum atomic E-state index is 12.6. The Morgan fingerprint density at radius 1 is 1.27 bits per heavy atom. The number of nitrogens with zero attached hydrogens (tertiary/aromatic N) is 5. The normalized spacial score (nSPS) is 12.2. The summed E-state index contributed by atoms with van der Waals surface area (Å²) in [6, 6.07) is 11.7. The number of rotatable bonds is 6. The summed E-state index contributed by atoms with van der Waals surface area (Å²) in [5, 5.41) is 8.41. The van der Waals surface area contributed by atoms with E-state index >= 15 is 0 Å². The van der Waals surface area contributed by atoms with Crippen LogP contribution in [0.5, 0.6) is 0 Å². The van der Waals surface area contributed by atoms with E-state index in [1.54, 1.807) is 16.6 Å². The summed E-state index contributed by atoms with van der Waals surface area (Å²) in [5.41, 5.74) is 1.75. The molecular weight excluding hydrogens is 330 g/mol. The van der Waals surface area contributed by atoms with Gasteiger partial charge in [-0.25, -0.2) is 9.67 Å². The first-order valence-electron chi connectivity index (χ1n) is 8.58. The van der Waals surface area contributed by atoms with Crippen LogP contribution >= 0.6 is 0 Å². The smallest absolute Gasteiger partial charge is 0.227 e. The molecule has 1 amide bonds. The summed E-state index contributed by atoms with van der Waals surface area (Å²) >= 11 is 0. The highest BCUT2D eigenvalue weighted by atomic mass is 16.5. The number of carbonyl (C=O) groups excluding carboxylic acids is 1. The molecule has 3 rings (SSSR count). The molecule has 0 fully saturated rings. The van der Waals surface area contributed by atoms with E-state index in [1.165, 1.54) is 0 Å². The minimum absolute atomic E-state index is 0.0233. The van der Waals surface area contributed by atoms with Crippen LogP contribution in [-0.2, 0) is 17.9 Å². The summed E-state index contributed by atoms with van der Waals surface area (Å²) in [7, 11) is 1.77. The quantitative estimate of drug-likeness (QED) is 0.681. The van der Waals surface area contributed by atoms with Gasteiger partial charge in [-0.05, 0) is 13.8 Å². The van der Waals surface area contributed by atoms with Crippen LogP contribution < -0.4 is 0 Å². The minimum atomic E-state index is -0.212. The Morgan fingerprint density at radius 3 is 2.65 bits per heavy atom. The van der Waals surface area contributed by atoms with Gasteiger partial charge in [-0.2, -0.15) is 5.10 Å². The zero-order valence-electron chi connectivity index (χ0n) is 15.5. The second-order valence-electron chi connectivity index (χ2n) is 6.53. The first kappa shape index (κ1) is 17.8. The third kappa shape index (κ3) is 3.99. The maximum absolute atomic E-state index is 12.6. The molecule has 0 radical (unpaired) electrons. The largest absolute Gasteiger partial charge is 0.359 e. The van der Waals surface area contributed by atoms with Crippen molar-refractivity contribution >= 4 is 5.91 Å². The van der Waals surface area contributed by atoms with E-state index in [-0.39, 0.29) is 11.8 Å². The lowest BCUT2D eigenvalue weighted by atomic mass is 10.1. The van der Waals surface area contributed by atoms with Crippen molar-refractivity contribution in [1.82, 2.24) is 24.8 Å². The molecule has 0 aliphatic carbocycles. The van der Waals surface area contributed by atoms with Gasteiger partial charge in [0, 0.05) is 18.7 Å². The minimum Gasteiger partial charge on any atom is -0.359 e. The SMILES string of the molecule is Cc1nc(C)n(C[C@H](C)C(=O)N(C)Cc2cc(-c3ccccc3)no2)n1. The fourth-order valence-electron chi connectivity index (χ4n) is 2.89. The van der Waals surface area contributed by atoms with E-state index in [0.717, 1.165) is 17.1 Å². The Bertz CT molecular complexity index is 884. The van der Waals surface area contributed by atoms with Crippen LogP contribution in [0.15, 0.2) is 40.9 Å².